The van der Waals surface area contributed by atoms with Crippen molar-refractivity contribution in [2.75, 3.05) is 19.8 Å². The maximum Gasteiger partial charge on any atom is 0.336 e. The topological polar surface area (TPSA) is 82.1 Å². The third-order valence-corrected chi connectivity index (χ3v) is 6.84. The minimum absolute atomic E-state index is 0.277. The van der Waals surface area contributed by atoms with Crippen LogP contribution in [0.1, 0.15) is 67.2 Å². The van der Waals surface area contributed by atoms with Gasteiger partial charge in [0.1, 0.15) is 6.61 Å². The minimum atomic E-state index is -3.29. The molecule has 7 heteroatoms. The quantitative estimate of drug-likeness (QED) is 0.249. The first kappa shape index (κ1) is 26.1. The highest BCUT2D eigenvalue weighted by molar-refractivity contribution is 7.54. The van der Waals surface area contributed by atoms with Crippen LogP contribution < -0.4 is 0 Å². The molecule has 0 aromatic carbocycles. The van der Waals surface area contributed by atoms with E-state index in [0.29, 0.717) is 13.0 Å². The van der Waals surface area contributed by atoms with E-state index in [0.717, 1.165) is 19.3 Å². The highest BCUT2D eigenvalue weighted by Gasteiger charge is 2.36. The third-order valence-electron chi connectivity index (χ3n) is 4.26. The van der Waals surface area contributed by atoms with Crippen molar-refractivity contribution in [3.05, 3.63) is 23.3 Å². The molecule has 0 aromatic rings. The van der Waals surface area contributed by atoms with Gasteiger partial charge >= 0.3 is 13.6 Å². The van der Waals surface area contributed by atoms with Gasteiger partial charge in [-0.2, -0.15) is 0 Å². The Bertz CT molecular complexity index is 531. The van der Waals surface area contributed by atoms with Gasteiger partial charge in [0.25, 0.3) is 0 Å². The number of ether oxygens (including phenoxy) is 1. The van der Waals surface area contributed by atoms with Crippen molar-refractivity contribution in [1.29, 1.82) is 0 Å². The summed E-state index contributed by atoms with van der Waals surface area (Å²) in [7, 11) is -3.29. The first-order valence-electron chi connectivity index (χ1n) is 9.67. The SMILES string of the molecule is CCOP(=O)(OCC)C(C)C(O)CC/C(C)=C/CC/C(C)=C/COC(C)=O. The van der Waals surface area contributed by atoms with Gasteiger partial charge in [0.15, 0.2) is 0 Å². The van der Waals surface area contributed by atoms with Gasteiger partial charge < -0.3 is 18.9 Å². The summed E-state index contributed by atoms with van der Waals surface area (Å²) in [5.74, 6) is -0.277. The fourth-order valence-corrected chi connectivity index (χ4v) is 4.35. The van der Waals surface area contributed by atoms with E-state index in [1.807, 2.05) is 19.9 Å². The molecule has 0 rings (SSSR count). The van der Waals surface area contributed by atoms with Gasteiger partial charge in [0.2, 0.25) is 0 Å². The summed E-state index contributed by atoms with van der Waals surface area (Å²) < 4.78 is 28.2. The Labute approximate surface area is 164 Å². The summed E-state index contributed by atoms with van der Waals surface area (Å²) in [6.45, 7) is 11.6. The molecule has 0 aromatic heterocycles. The largest absolute Gasteiger partial charge is 0.462 e. The van der Waals surface area contributed by atoms with Gasteiger partial charge in [0.05, 0.1) is 25.0 Å². The molecular weight excluding hydrogens is 367 g/mol. The molecule has 0 bridgehead atoms. The maximum absolute atomic E-state index is 12.7. The van der Waals surface area contributed by atoms with E-state index >= 15 is 0 Å². The van der Waals surface area contributed by atoms with Gasteiger partial charge in [-0.05, 0) is 66.4 Å². The molecule has 0 heterocycles. The summed E-state index contributed by atoms with van der Waals surface area (Å²) in [5, 5.41) is 10.4. The van der Waals surface area contributed by atoms with Crippen LogP contribution in [0.3, 0.4) is 0 Å². The van der Waals surface area contributed by atoms with Crippen molar-refractivity contribution in [2.24, 2.45) is 0 Å². The van der Waals surface area contributed by atoms with Crippen LogP contribution in [0.15, 0.2) is 23.3 Å². The standard InChI is InChI=1S/C20H37O6P/c1-7-25-27(23,26-8-2)18(5)20(22)13-12-16(3)10-9-11-17(4)14-15-24-19(6)21/h10,14,18,20,22H,7-9,11-13,15H2,1-6H3/b16-10+,17-14+. The number of carbonyl (C=O) groups is 1. The second kappa shape index (κ2) is 14.1. The summed E-state index contributed by atoms with van der Waals surface area (Å²) in [6.07, 6.45) is 6.31. The van der Waals surface area contributed by atoms with E-state index in [9.17, 15) is 14.5 Å². The second-order valence-electron chi connectivity index (χ2n) is 6.66. The zero-order valence-electron chi connectivity index (χ0n) is 17.7. The summed E-state index contributed by atoms with van der Waals surface area (Å²) in [5.41, 5.74) is 1.79. The predicted octanol–water partition coefficient (Wildman–Crippen LogP) is 5.02. The summed E-state index contributed by atoms with van der Waals surface area (Å²) in [6, 6.07) is 0. The Kier molecular flexibility index (Phi) is 13.6. The molecule has 0 saturated heterocycles. The Morgan fingerprint density at radius 3 is 2.11 bits per heavy atom. The first-order valence-corrected chi connectivity index (χ1v) is 11.3. The molecule has 158 valence electrons. The smallest absolute Gasteiger partial charge is 0.336 e. The molecule has 0 radical (unpaired) electrons. The highest BCUT2D eigenvalue weighted by atomic mass is 31.2. The van der Waals surface area contributed by atoms with Crippen molar-refractivity contribution in [3.8, 4) is 0 Å². The average molecular weight is 404 g/mol. The van der Waals surface area contributed by atoms with Crippen molar-refractivity contribution in [3.63, 3.8) is 0 Å². The van der Waals surface area contributed by atoms with Crippen LogP contribution in [0.5, 0.6) is 0 Å². The molecule has 0 aliphatic heterocycles. The van der Waals surface area contributed by atoms with Crippen LogP contribution in [-0.2, 0) is 23.1 Å². The fourth-order valence-electron chi connectivity index (χ4n) is 2.51. The number of allylic oxidation sites excluding steroid dienone is 3. The van der Waals surface area contributed by atoms with E-state index in [2.05, 4.69) is 6.08 Å². The summed E-state index contributed by atoms with van der Waals surface area (Å²) in [4.78, 5) is 10.7. The zero-order valence-corrected chi connectivity index (χ0v) is 18.6. The number of aliphatic hydroxyl groups is 1. The molecule has 2 unspecified atom stereocenters. The van der Waals surface area contributed by atoms with Crippen LogP contribution in [0.4, 0.5) is 0 Å². The van der Waals surface area contributed by atoms with Crippen molar-refractivity contribution < 1.29 is 28.3 Å². The van der Waals surface area contributed by atoms with E-state index < -0.39 is 19.4 Å². The van der Waals surface area contributed by atoms with Gasteiger partial charge in [0, 0.05) is 6.92 Å². The predicted molar refractivity (Wildman–Crippen MR) is 109 cm³/mol. The van der Waals surface area contributed by atoms with Crippen LogP contribution in [-0.4, -0.2) is 42.7 Å². The Morgan fingerprint density at radius 2 is 1.59 bits per heavy atom. The molecule has 27 heavy (non-hydrogen) atoms. The van der Waals surface area contributed by atoms with E-state index in [1.165, 1.54) is 18.1 Å². The van der Waals surface area contributed by atoms with Crippen LogP contribution in [0, 0.1) is 0 Å². The molecule has 6 nitrogen and oxygen atoms in total. The van der Waals surface area contributed by atoms with Gasteiger partial charge in [-0.15, -0.1) is 0 Å². The number of aliphatic hydroxyl groups excluding tert-OH is 1. The summed E-state index contributed by atoms with van der Waals surface area (Å²) >= 11 is 0. The van der Waals surface area contributed by atoms with Gasteiger partial charge in [-0.25, -0.2) is 0 Å². The normalized spacial score (nSPS) is 15.5. The maximum atomic E-state index is 12.7. The average Bonchev–Trinajstić information content (AvgIpc) is 2.59. The molecule has 0 spiro atoms. The van der Waals surface area contributed by atoms with Crippen LogP contribution in [0.25, 0.3) is 0 Å². The molecule has 1 N–H and O–H groups in total. The molecule has 0 aliphatic carbocycles. The molecule has 2 atom stereocenters. The second-order valence-corrected chi connectivity index (χ2v) is 9.07. The number of hydrogen-bond acceptors (Lipinski definition) is 6. The third kappa shape index (κ3) is 11.5. The lowest BCUT2D eigenvalue weighted by Gasteiger charge is -2.27. The van der Waals surface area contributed by atoms with E-state index in [1.54, 1.807) is 20.8 Å². The van der Waals surface area contributed by atoms with E-state index in [4.69, 9.17) is 13.8 Å². The Hall–Kier alpha value is -0.940. The number of esters is 1. The lowest BCUT2D eigenvalue weighted by atomic mass is 10.0. The van der Waals surface area contributed by atoms with E-state index in [-0.39, 0.29) is 19.2 Å². The van der Waals surface area contributed by atoms with Crippen molar-refractivity contribution >= 4 is 13.6 Å². The van der Waals surface area contributed by atoms with Crippen LogP contribution in [0.2, 0.25) is 0 Å². The first-order chi connectivity index (χ1) is 12.7. The zero-order chi connectivity index (χ0) is 20.9. The van der Waals surface area contributed by atoms with Crippen molar-refractivity contribution in [1.82, 2.24) is 0 Å². The Balaban J connectivity index is 4.42. The van der Waals surface area contributed by atoms with Crippen LogP contribution >= 0.6 is 7.60 Å². The number of hydrogen-bond donors (Lipinski definition) is 1. The minimum Gasteiger partial charge on any atom is -0.462 e. The van der Waals surface area contributed by atoms with Gasteiger partial charge in [-0.3, -0.25) is 9.36 Å². The Morgan fingerprint density at radius 1 is 1.04 bits per heavy atom. The molecular formula is C20H37O6P. The lowest BCUT2D eigenvalue weighted by molar-refractivity contribution is -0.139. The van der Waals surface area contributed by atoms with Crippen molar-refractivity contribution in [2.45, 2.75) is 79.0 Å². The molecule has 0 fully saturated rings. The fraction of sp³-hybridized carbons (Fsp3) is 0.750. The number of carbonyl (C=O) groups excluding carboxylic acids is 1. The van der Waals surface area contributed by atoms with Gasteiger partial charge in [-0.1, -0.05) is 17.2 Å². The molecule has 0 amide bonds. The molecule has 0 aliphatic rings. The molecule has 0 saturated carbocycles. The monoisotopic (exact) mass is 404 g/mol. The highest BCUT2D eigenvalue weighted by Crippen LogP contribution is 2.54. The number of rotatable bonds is 14. The lowest BCUT2D eigenvalue weighted by Crippen LogP contribution is -2.25.